The number of carbonyl (C=O) groups excluding carboxylic acids is 1. The van der Waals surface area contributed by atoms with E-state index in [9.17, 15) is 4.79 Å². The number of hydrogen-bond acceptors (Lipinski definition) is 1. The lowest BCUT2D eigenvalue weighted by Gasteiger charge is -2.21. The van der Waals surface area contributed by atoms with E-state index in [0.717, 1.165) is 12.8 Å². The Morgan fingerprint density at radius 3 is 2.52 bits per heavy atom. The number of benzene rings is 2. The zero-order chi connectivity index (χ0) is 14.7. The molecule has 0 unspecified atom stereocenters. The molecular formula is C19H19NO. The van der Waals surface area contributed by atoms with Crippen LogP contribution in [0, 0.1) is 0 Å². The summed E-state index contributed by atoms with van der Waals surface area (Å²) in [5.41, 5.74) is 6.09. The highest BCUT2D eigenvalue weighted by Crippen LogP contribution is 2.30. The number of hydrogen-bond donors (Lipinski definition) is 1. The molecule has 1 aliphatic rings. The molecule has 1 N–H and O–H groups in total. The second-order valence-corrected chi connectivity index (χ2v) is 5.43. The number of amides is 1. The molecule has 0 saturated carbocycles. The summed E-state index contributed by atoms with van der Waals surface area (Å²) in [6.45, 7) is 2.79. The number of rotatable bonds is 3. The highest BCUT2D eigenvalue weighted by Gasteiger charge is 2.15. The first-order chi connectivity index (χ1) is 10.3. The fourth-order valence-electron chi connectivity index (χ4n) is 2.87. The maximum absolute atomic E-state index is 12.1. The molecule has 106 valence electrons. The van der Waals surface area contributed by atoms with Gasteiger partial charge in [-0.05, 0) is 54.2 Å². The van der Waals surface area contributed by atoms with E-state index < -0.39 is 0 Å². The lowest BCUT2D eigenvalue weighted by atomic mass is 9.86. The predicted octanol–water partition coefficient (Wildman–Crippen LogP) is 3.84. The molecule has 0 heterocycles. The third-order valence-corrected chi connectivity index (χ3v) is 4.15. The molecule has 0 spiro atoms. The standard InChI is InChI=1S/C19H19NO/c1-14-17(12-11-15-7-5-6-10-18(14)15)13-20-19(21)16-8-3-2-4-9-16/h2-10H,11-13H2,1H3,(H,20,21). The van der Waals surface area contributed by atoms with Gasteiger partial charge in [0.1, 0.15) is 0 Å². The van der Waals surface area contributed by atoms with Crippen LogP contribution in [0.2, 0.25) is 0 Å². The van der Waals surface area contributed by atoms with E-state index >= 15 is 0 Å². The van der Waals surface area contributed by atoms with Crippen molar-refractivity contribution in [1.82, 2.24) is 5.32 Å². The van der Waals surface area contributed by atoms with Crippen molar-refractivity contribution in [1.29, 1.82) is 0 Å². The van der Waals surface area contributed by atoms with E-state index in [1.54, 1.807) is 0 Å². The van der Waals surface area contributed by atoms with Crippen LogP contribution in [0.15, 0.2) is 60.2 Å². The molecule has 0 radical (unpaired) electrons. The van der Waals surface area contributed by atoms with Gasteiger partial charge in [0.2, 0.25) is 0 Å². The monoisotopic (exact) mass is 277 g/mol. The topological polar surface area (TPSA) is 29.1 Å². The quantitative estimate of drug-likeness (QED) is 0.907. The van der Waals surface area contributed by atoms with Crippen molar-refractivity contribution in [3.63, 3.8) is 0 Å². The van der Waals surface area contributed by atoms with Crippen LogP contribution in [0.25, 0.3) is 5.57 Å². The van der Waals surface area contributed by atoms with E-state index in [1.165, 1.54) is 22.3 Å². The SMILES string of the molecule is CC1=C(CNC(=O)c2ccccc2)CCc2ccccc21. The third-order valence-electron chi connectivity index (χ3n) is 4.15. The van der Waals surface area contributed by atoms with Crippen LogP contribution in [-0.2, 0) is 6.42 Å². The fourth-order valence-corrected chi connectivity index (χ4v) is 2.87. The van der Waals surface area contributed by atoms with Crippen LogP contribution in [0.5, 0.6) is 0 Å². The molecule has 2 heteroatoms. The largest absolute Gasteiger partial charge is 0.348 e. The Bertz CT molecular complexity index is 686. The lowest BCUT2D eigenvalue weighted by Crippen LogP contribution is -2.26. The Kier molecular flexibility index (Phi) is 3.87. The smallest absolute Gasteiger partial charge is 0.251 e. The van der Waals surface area contributed by atoms with Crippen LogP contribution >= 0.6 is 0 Å². The predicted molar refractivity (Wildman–Crippen MR) is 86.1 cm³/mol. The normalized spacial score (nSPS) is 13.8. The summed E-state index contributed by atoms with van der Waals surface area (Å²) in [6.07, 6.45) is 2.09. The van der Waals surface area contributed by atoms with E-state index in [2.05, 4.69) is 36.5 Å². The number of nitrogens with one attached hydrogen (secondary N) is 1. The molecule has 0 aliphatic heterocycles. The van der Waals surface area contributed by atoms with Crippen LogP contribution in [-0.4, -0.2) is 12.5 Å². The molecule has 3 rings (SSSR count). The van der Waals surface area contributed by atoms with Gasteiger partial charge in [-0.3, -0.25) is 4.79 Å². The van der Waals surface area contributed by atoms with Gasteiger partial charge in [-0.2, -0.15) is 0 Å². The summed E-state index contributed by atoms with van der Waals surface area (Å²) in [5.74, 6) is -0.00485. The van der Waals surface area contributed by atoms with Crippen LogP contribution < -0.4 is 5.32 Å². The first kappa shape index (κ1) is 13.6. The summed E-state index contributed by atoms with van der Waals surface area (Å²) in [7, 11) is 0. The van der Waals surface area contributed by atoms with Gasteiger partial charge in [0.25, 0.3) is 5.91 Å². The van der Waals surface area contributed by atoms with Crippen molar-refractivity contribution in [2.45, 2.75) is 19.8 Å². The molecule has 1 aliphatic carbocycles. The summed E-state index contributed by atoms with van der Waals surface area (Å²) in [6, 6.07) is 17.9. The number of aryl methyl sites for hydroxylation is 1. The minimum atomic E-state index is -0.00485. The first-order valence-electron chi connectivity index (χ1n) is 7.36. The van der Waals surface area contributed by atoms with Gasteiger partial charge in [-0.15, -0.1) is 0 Å². The van der Waals surface area contributed by atoms with Crippen LogP contribution in [0.1, 0.15) is 34.8 Å². The summed E-state index contributed by atoms with van der Waals surface area (Å²) >= 11 is 0. The summed E-state index contributed by atoms with van der Waals surface area (Å²) in [4.78, 5) is 12.1. The van der Waals surface area contributed by atoms with Crippen molar-refractivity contribution in [3.05, 3.63) is 76.9 Å². The van der Waals surface area contributed by atoms with Crippen LogP contribution in [0.4, 0.5) is 0 Å². The van der Waals surface area contributed by atoms with E-state index in [4.69, 9.17) is 0 Å². The minimum Gasteiger partial charge on any atom is -0.348 e. The van der Waals surface area contributed by atoms with Crippen molar-refractivity contribution >= 4 is 11.5 Å². The van der Waals surface area contributed by atoms with E-state index in [-0.39, 0.29) is 5.91 Å². The Labute approximate surface area is 125 Å². The molecular weight excluding hydrogens is 258 g/mol. The van der Waals surface area contributed by atoms with Crippen LogP contribution in [0.3, 0.4) is 0 Å². The zero-order valence-electron chi connectivity index (χ0n) is 12.2. The molecule has 2 aromatic rings. The van der Waals surface area contributed by atoms with Gasteiger partial charge in [-0.1, -0.05) is 42.5 Å². The molecule has 0 saturated heterocycles. The molecule has 21 heavy (non-hydrogen) atoms. The van der Waals surface area contributed by atoms with E-state index in [1.807, 2.05) is 30.3 Å². The van der Waals surface area contributed by atoms with Crippen molar-refractivity contribution in [2.24, 2.45) is 0 Å². The second kappa shape index (κ2) is 5.96. The van der Waals surface area contributed by atoms with Gasteiger partial charge in [0, 0.05) is 12.1 Å². The van der Waals surface area contributed by atoms with Gasteiger partial charge in [0.05, 0.1) is 0 Å². The first-order valence-corrected chi connectivity index (χ1v) is 7.36. The minimum absolute atomic E-state index is 0.00485. The summed E-state index contributed by atoms with van der Waals surface area (Å²) < 4.78 is 0. The van der Waals surface area contributed by atoms with Crippen molar-refractivity contribution in [2.75, 3.05) is 6.54 Å². The molecule has 0 atom stereocenters. The molecule has 2 aromatic carbocycles. The van der Waals surface area contributed by atoms with E-state index in [0.29, 0.717) is 12.1 Å². The van der Waals surface area contributed by atoms with Gasteiger partial charge in [0.15, 0.2) is 0 Å². The number of fused-ring (bicyclic) bond motifs is 1. The Morgan fingerprint density at radius 1 is 1.00 bits per heavy atom. The maximum atomic E-state index is 12.1. The zero-order valence-corrected chi connectivity index (χ0v) is 12.2. The Balaban J connectivity index is 1.73. The molecule has 0 aromatic heterocycles. The highest BCUT2D eigenvalue weighted by molar-refractivity contribution is 5.94. The average molecular weight is 277 g/mol. The molecule has 1 amide bonds. The van der Waals surface area contributed by atoms with Gasteiger partial charge >= 0.3 is 0 Å². The number of carbonyl (C=O) groups is 1. The Morgan fingerprint density at radius 2 is 1.71 bits per heavy atom. The molecule has 0 fully saturated rings. The lowest BCUT2D eigenvalue weighted by molar-refractivity contribution is 0.0957. The maximum Gasteiger partial charge on any atom is 0.251 e. The molecule has 0 bridgehead atoms. The van der Waals surface area contributed by atoms with Gasteiger partial charge < -0.3 is 5.32 Å². The van der Waals surface area contributed by atoms with Crippen molar-refractivity contribution in [3.8, 4) is 0 Å². The summed E-state index contributed by atoms with van der Waals surface area (Å²) in [5, 5.41) is 3.03. The fraction of sp³-hybridized carbons (Fsp3) is 0.211. The van der Waals surface area contributed by atoms with Gasteiger partial charge in [-0.25, -0.2) is 0 Å². The number of allylic oxidation sites excluding steroid dienone is 1. The average Bonchev–Trinajstić information content (AvgIpc) is 2.55. The second-order valence-electron chi connectivity index (χ2n) is 5.43. The third kappa shape index (κ3) is 2.89. The highest BCUT2D eigenvalue weighted by atomic mass is 16.1. The molecule has 2 nitrogen and oxygen atoms in total. The Hall–Kier alpha value is -2.35. The van der Waals surface area contributed by atoms with Crippen molar-refractivity contribution < 1.29 is 4.79 Å².